The molecule has 1 N–H and O–H groups in total. The number of thioether (sulfide) groups is 1. The van der Waals surface area contributed by atoms with Crippen LogP contribution in [0.2, 0.25) is 0 Å². The SMILES string of the molecule is CCSCC(O)CF. The topological polar surface area (TPSA) is 20.2 Å². The highest BCUT2D eigenvalue weighted by Gasteiger charge is 1.99. The van der Waals surface area contributed by atoms with Gasteiger partial charge in [-0.2, -0.15) is 11.8 Å². The van der Waals surface area contributed by atoms with Gasteiger partial charge in [0, 0.05) is 5.75 Å². The summed E-state index contributed by atoms with van der Waals surface area (Å²) in [5.41, 5.74) is 0. The number of hydrogen-bond acceptors (Lipinski definition) is 2. The number of alkyl halides is 1. The molecule has 0 aliphatic rings. The summed E-state index contributed by atoms with van der Waals surface area (Å²) in [6.07, 6.45) is -0.750. The van der Waals surface area contributed by atoms with Crippen molar-refractivity contribution in [3.8, 4) is 0 Å². The Morgan fingerprint density at radius 3 is 2.75 bits per heavy atom. The van der Waals surface area contributed by atoms with Crippen LogP contribution in [0.15, 0.2) is 0 Å². The lowest BCUT2D eigenvalue weighted by Crippen LogP contribution is -2.11. The van der Waals surface area contributed by atoms with E-state index < -0.39 is 12.8 Å². The van der Waals surface area contributed by atoms with E-state index in [1.807, 2.05) is 6.92 Å². The molecule has 8 heavy (non-hydrogen) atoms. The van der Waals surface area contributed by atoms with E-state index in [2.05, 4.69) is 0 Å². The van der Waals surface area contributed by atoms with Gasteiger partial charge in [-0.1, -0.05) is 6.92 Å². The van der Waals surface area contributed by atoms with Gasteiger partial charge in [0.25, 0.3) is 0 Å². The standard InChI is InChI=1S/C5H11FOS/c1-2-8-4-5(7)3-6/h5,7H,2-4H2,1H3. The smallest absolute Gasteiger partial charge is 0.116 e. The van der Waals surface area contributed by atoms with Crippen molar-refractivity contribution in [3.05, 3.63) is 0 Å². The molecule has 0 bridgehead atoms. The van der Waals surface area contributed by atoms with Gasteiger partial charge in [0.1, 0.15) is 6.67 Å². The van der Waals surface area contributed by atoms with E-state index in [1.165, 1.54) is 0 Å². The van der Waals surface area contributed by atoms with Crippen molar-refractivity contribution < 1.29 is 9.50 Å². The Morgan fingerprint density at radius 2 is 2.38 bits per heavy atom. The fourth-order valence-electron chi connectivity index (χ4n) is 0.298. The van der Waals surface area contributed by atoms with E-state index in [4.69, 9.17) is 5.11 Å². The predicted octanol–water partition coefficient (Wildman–Crippen LogP) is 1.07. The molecule has 1 nitrogen and oxygen atoms in total. The molecule has 1 atom stereocenters. The van der Waals surface area contributed by atoms with E-state index in [9.17, 15) is 4.39 Å². The second-order valence-electron chi connectivity index (χ2n) is 1.47. The third-order valence-corrected chi connectivity index (χ3v) is 1.72. The molecule has 0 aromatic rings. The molecule has 0 aromatic carbocycles. The van der Waals surface area contributed by atoms with Gasteiger partial charge in [-0.05, 0) is 5.75 Å². The van der Waals surface area contributed by atoms with E-state index in [1.54, 1.807) is 11.8 Å². The molecule has 0 fully saturated rings. The fraction of sp³-hybridized carbons (Fsp3) is 1.00. The molecule has 0 saturated carbocycles. The van der Waals surface area contributed by atoms with E-state index in [0.717, 1.165) is 5.75 Å². The molecule has 0 amide bonds. The van der Waals surface area contributed by atoms with Crippen LogP contribution in [-0.2, 0) is 0 Å². The van der Waals surface area contributed by atoms with E-state index >= 15 is 0 Å². The molecule has 50 valence electrons. The summed E-state index contributed by atoms with van der Waals surface area (Å²) < 4.78 is 11.4. The maximum atomic E-state index is 11.4. The van der Waals surface area contributed by atoms with Crippen LogP contribution >= 0.6 is 11.8 Å². The summed E-state index contributed by atoms with van der Waals surface area (Å²) in [7, 11) is 0. The molecule has 1 unspecified atom stereocenters. The van der Waals surface area contributed by atoms with E-state index in [0.29, 0.717) is 5.75 Å². The van der Waals surface area contributed by atoms with Crippen LogP contribution in [0.3, 0.4) is 0 Å². The van der Waals surface area contributed by atoms with Crippen LogP contribution < -0.4 is 0 Å². The summed E-state index contributed by atoms with van der Waals surface area (Å²) >= 11 is 1.55. The predicted molar refractivity (Wildman–Crippen MR) is 35.0 cm³/mol. The summed E-state index contributed by atoms with van der Waals surface area (Å²) in [6, 6.07) is 0. The molecule has 0 aliphatic heterocycles. The average molecular weight is 138 g/mol. The molecule has 0 spiro atoms. The zero-order chi connectivity index (χ0) is 6.41. The Bertz CT molecular complexity index is 51.7. The molecule has 3 heteroatoms. The van der Waals surface area contributed by atoms with Crippen LogP contribution in [0, 0.1) is 0 Å². The zero-order valence-corrected chi connectivity index (χ0v) is 5.75. The summed E-state index contributed by atoms with van der Waals surface area (Å²) in [6.45, 7) is 1.36. The number of rotatable bonds is 4. The first-order valence-electron chi connectivity index (χ1n) is 2.63. The second-order valence-corrected chi connectivity index (χ2v) is 2.79. The Kier molecular flexibility index (Phi) is 5.54. The Hall–Kier alpha value is 0.240. The molecular weight excluding hydrogens is 127 g/mol. The number of hydrogen-bond donors (Lipinski definition) is 1. The minimum Gasteiger partial charge on any atom is -0.390 e. The van der Waals surface area contributed by atoms with Crippen molar-refractivity contribution >= 4 is 11.8 Å². The van der Waals surface area contributed by atoms with Crippen molar-refractivity contribution in [2.24, 2.45) is 0 Å². The van der Waals surface area contributed by atoms with Gasteiger partial charge in [0.2, 0.25) is 0 Å². The highest BCUT2D eigenvalue weighted by Crippen LogP contribution is 2.01. The van der Waals surface area contributed by atoms with Gasteiger partial charge in [0.05, 0.1) is 6.10 Å². The molecule has 0 radical (unpaired) electrons. The lowest BCUT2D eigenvalue weighted by Gasteiger charge is -2.01. The van der Waals surface area contributed by atoms with Crippen molar-refractivity contribution in [1.29, 1.82) is 0 Å². The number of aliphatic hydroxyl groups is 1. The van der Waals surface area contributed by atoms with Crippen molar-refractivity contribution in [1.82, 2.24) is 0 Å². The van der Waals surface area contributed by atoms with Gasteiger partial charge in [-0.25, -0.2) is 4.39 Å². The summed E-state index contributed by atoms with van der Waals surface area (Å²) in [5, 5.41) is 8.59. The molecule has 0 aliphatic carbocycles. The molecule has 0 aromatic heterocycles. The third-order valence-electron chi connectivity index (χ3n) is 0.692. The summed E-state index contributed by atoms with van der Waals surface area (Å²) in [4.78, 5) is 0. The van der Waals surface area contributed by atoms with Crippen molar-refractivity contribution in [2.75, 3.05) is 18.2 Å². The van der Waals surface area contributed by atoms with Gasteiger partial charge in [0.15, 0.2) is 0 Å². The Labute approximate surface area is 53.3 Å². The first-order chi connectivity index (χ1) is 3.81. The monoisotopic (exact) mass is 138 g/mol. The lowest BCUT2D eigenvalue weighted by molar-refractivity contribution is 0.162. The first-order valence-corrected chi connectivity index (χ1v) is 3.78. The van der Waals surface area contributed by atoms with Crippen molar-refractivity contribution in [3.63, 3.8) is 0 Å². The van der Waals surface area contributed by atoms with Gasteiger partial charge in [-0.3, -0.25) is 0 Å². The minimum atomic E-state index is -0.750. The van der Waals surface area contributed by atoms with Crippen LogP contribution in [0.5, 0.6) is 0 Å². The largest absolute Gasteiger partial charge is 0.390 e. The van der Waals surface area contributed by atoms with Crippen LogP contribution in [0.1, 0.15) is 6.92 Å². The van der Waals surface area contributed by atoms with Crippen molar-refractivity contribution in [2.45, 2.75) is 13.0 Å². The number of halogens is 1. The lowest BCUT2D eigenvalue weighted by atomic mass is 10.5. The zero-order valence-electron chi connectivity index (χ0n) is 4.93. The Balaban J connectivity index is 2.86. The molecule has 0 saturated heterocycles. The first kappa shape index (κ1) is 8.24. The van der Waals surface area contributed by atoms with Gasteiger partial charge >= 0.3 is 0 Å². The summed E-state index contributed by atoms with van der Waals surface area (Å²) in [5.74, 6) is 1.46. The van der Waals surface area contributed by atoms with E-state index in [-0.39, 0.29) is 0 Å². The van der Waals surface area contributed by atoms with Crippen LogP contribution in [0.25, 0.3) is 0 Å². The van der Waals surface area contributed by atoms with Gasteiger partial charge in [-0.15, -0.1) is 0 Å². The maximum absolute atomic E-state index is 11.4. The highest BCUT2D eigenvalue weighted by molar-refractivity contribution is 7.99. The second kappa shape index (κ2) is 5.38. The van der Waals surface area contributed by atoms with Crippen LogP contribution in [-0.4, -0.2) is 29.4 Å². The third kappa shape index (κ3) is 4.40. The average Bonchev–Trinajstić information content (AvgIpc) is 1.83. The quantitative estimate of drug-likeness (QED) is 0.627. The van der Waals surface area contributed by atoms with Crippen LogP contribution in [0.4, 0.5) is 4.39 Å². The maximum Gasteiger partial charge on any atom is 0.116 e. The highest BCUT2D eigenvalue weighted by atomic mass is 32.2. The number of aliphatic hydroxyl groups excluding tert-OH is 1. The molecular formula is C5H11FOS. The Morgan fingerprint density at radius 1 is 1.75 bits per heavy atom. The normalized spacial score (nSPS) is 13.9. The molecule has 0 rings (SSSR count). The molecule has 0 heterocycles. The van der Waals surface area contributed by atoms with Gasteiger partial charge < -0.3 is 5.11 Å². The fourth-order valence-corrected chi connectivity index (χ4v) is 0.895. The minimum absolute atomic E-state index is 0.521.